The summed E-state index contributed by atoms with van der Waals surface area (Å²) >= 11 is 0. The Morgan fingerprint density at radius 1 is 1.10 bits per heavy atom. The molecule has 3 fully saturated rings. The minimum absolute atomic E-state index is 0.754. The highest BCUT2D eigenvalue weighted by Crippen LogP contribution is 2.36. The zero-order valence-electron chi connectivity index (χ0n) is 13.8. The quantitative estimate of drug-likeness (QED) is 0.828. The van der Waals surface area contributed by atoms with Gasteiger partial charge >= 0.3 is 0 Å². The summed E-state index contributed by atoms with van der Waals surface area (Å²) in [6, 6.07) is 1.65. The summed E-state index contributed by atoms with van der Waals surface area (Å²) in [7, 11) is 0. The molecular formula is C18H34N2. The first kappa shape index (κ1) is 14.8. The van der Waals surface area contributed by atoms with Gasteiger partial charge in [-0.2, -0.15) is 0 Å². The van der Waals surface area contributed by atoms with Crippen LogP contribution in [0.25, 0.3) is 0 Å². The number of nitrogens with one attached hydrogen (secondary N) is 1. The zero-order valence-corrected chi connectivity index (χ0v) is 13.8. The predicted octanol–water partition coefficient (Wildman–Crippen LogP) is 3.52. The van der Waals surface area contributed by atoms with Gasteiger partial charge in [0.15, 0.2) is 0 Å². The summed E-state index contributed by atoms with van der Waals surface area (Å²) in [6.45, 7) is 11.2. The van der Waals surface area contributed by atoms with Crippen LogP contribution in [0, 0.1) is 23.7 Å². The number of rotatable bonds is 5. The Labute approximate surface area is 125 Å². The second kappa shape index (κ2) is 6.36. The molecule has 1 heterocycles. The van der Waals surface area contributed by atoms with Crippen LogP contribution in [0.4, 0.5) is 0 Å². The van der Waals surface area contributed by atoms with Gasteiger partial charge < -0.3 is 5.32 Å². The van der Waals surface area contributed by atoms with Crippen LogP contribution in [0.5, 0.6) is 0 Å². The monoisotopic (exact) mass is 278 g/mol. The maximum Gasteiger partial charge on any atom is 0.0198 e. The van der Waals surface area contributed by atoms with E-state index in [1.165, 1.54) is 58.2 Å². The first-order chi connectivity index (χ1) is 9.63. The highest BCUT2D eigenvalue weighted by molar-refractivity contribution is 4.93. The van der Waals surface area contributed by atoms with E-state index >= 15 is 0 Å². The van der Waals surface area contributed by atoms with Crippen molar-refractivity contribution in [1.82, 2.24) is 10.2 Å². The van der Waals surface area contributed by atoms with Crippen LogP contribution in [0.15, 0.2) is 0 Å². The fraction of sp³-hybridized carbons (Fsp3) is 1.00. The van der Waals surface area contributed by atoms with Gasteiger partial charge in [0.1, 0.15) is 0 Å². The standard InChI is InChI=1S/C18H34N2/c1-13(2)16-9-17(19-10-15-5-4-6-15)12-20(11-16)18-8-7-14(18)3/h13-19H,4-12H2,1-3H3. The molecule has 4 unspecified atom stereocenters. The van der Waals surface area contributed by atoms with Gasteiger partial charge in [-0.1, -0.05) is 27.2 Å². The van der Waals surface area contributed by atoms with E-state index in [0.717, 1.165) is 35.8 Å². The SMILES string of the molecule is CC(C)C1CC(NCC2CCC2)CN(C2CCC2C)C1. The Kier molecular flexibility index (Phi) is 4.72. The van der Waals surface area contributed by atoms with Crippen molar-refractivity contribution < 1.29 is 0 Å². The van der Waals surface area contributed by atoms with Crippen LogP contribution < -0.4 is 5.32 Å². The normalized spacial score (nSPS) is 39.6. The van der Waals surface area contributed by atoms with Crippen LogP contribution in [0.1, 0.15) is 59.3 Å². The van der Waals surface area contributed by atoms with E-state index < -0.39 is 0 Å². The minimum atomic E-state index is 0.754. The molecule has 116 valence electrons. The van der Waals surface area contributed by atoms with Crippen molar-refractivity contribution in [3.63, 3.8) is 0 Å². The Bertz CT molecular complexity index is 311. The molecule has 2 aliphatic carbocycles. The molecule has 0 spiro atoms. The number of nitrogens with zero attached hydrogens (tertiary/aromatic N) is 1. The van der Waals surface area contributed by atoms with E-state index in [2.05, 4.69) is 31.0 Å². The van der Waals surface area contributed by atoms with Crippen molar-refractivity contribution in [2.24, 2.45) is 23.7 Å². The second-order valence-electron chi connectivity index (χ2n) is 8.22. The van der Waals surface area contributed by atoms with E-state index in [1.807, 2.05) is 0 Å². The lowest BCUT2D eigenvalue weighted by atomic mass is 9.76. The van der Waals surface area contributed by atoms with Crippen molar-refractivity contribution in [2.45, 2.75) is 71.4 Å². The smallest absolute Gasteiger partial charge is 0.0198 e. The van der Waals surface area contributed by atoms with Gasteiger partial charge in [0.05, 0.1) is 0 Å². The topological polar surface area (TPSA) is 15.3 Å². The molecule has 0 bridgehead atoms. The summed E-state index contributed by atoms with van der Waals surface area (Å²) in [5, 5.41) is 3.91. The van der Waals surface area contributed by atoms with E-state index in [-0.39, 0.29) is 0 Å². The lowest BCUT2D eigenvalue weighted by Crippen LogP contribution is -2.57. The zero-order chi connectivity index (χ0) is 14.1. The lowest BCUT2D eigenvalue weighted by molar-refractivity contribution is 0.0120. The van der Waals surface area contributed by atoms with Crippen molar-refractivity contribution >= 4 is 0 Å². The molecule has 0 amide bonds. The van der Waals surface area contributed by atoms with E-state index in [4.69, 9.17) is 0 Å². The number of hydrogen-bond donors (Lipinski definition) is 1. The average Bonchev–Trinajstić information content (AvgIpc) is 2.35. The van der Waals surface area contributed by atoms with Crippen LogP contribution in [0.2, 0.25) is 0 Å². The molecule has 2 nitrogen and oxygen atoms in total. The van der Waals surface area contributed by atoms with Crippen molar-refractivity contribution in [2.75, 3.05) is 19.6 Å². The van der Waals surface area contributed by atoms with Crippen molar-refractivity contribution in [1.29, 1.82) is 0 Å². The second-order valence-corrected chi connectivity index (χ2v) is 8.22. The molecule has 1 aliphatic heterocycles. The van der Waals surface area contributed by atoms with Crippen LogP contribution >= 0.6 is 0 Å². The van der Waals surface area contributed by atoms with E-state index in [1.54, 1.807) is 0 Å². The predicted molar refractivity (Wildman–Crippen MR) is 85.8 cm³/mol. The fourth-order valence-electron chi connectivity index (χ4n) is 4.30. The maximum absolute atomic E-state index is 3.91. The molecule has 3 aliphatic rings. The van der Waals surface area contributed by atoms with Gasteiger partial charge in [-0.15, -0.1) is 0 Å². The Morgan fingerprint density at radius 3 is 2.40 bits per heavy atom. The van der Waals surface area contributed by atoms with Gasteiger partial charge in [-0.25, -0.2) is 0 Å². The van der Waals surface area contributed by atoms with Gasteiger partial charge in [0.2, 0.25) is 0 Å². The van der Waals surface area contributed by atoms with Gasteiger partial charge in [0.25, 0.3) is 0 Å². The third-order valence-electron chi connectivity index (χ3n) is 6.42. The summed E-state index contributed by atoms with van der Waals surface area (Å²) in [5.41, 5.74) is 0. The molecule has 1 N–H and O–H groups in total. The number of piperidine rings is 1. The van der Waals surface area contributed by atoms with Crippen molar-refractivity contribution in [3.05, 3.63) is 0 Å². The highest BCUT2D eigenvalue weighted by Gasteiger charge is 2.38. The number of hydrogen-bond acceptors (Lipinski definition) is 2. The lowest BCUT2D eigenvalue weighted by Gasteiger charge is -2.49. The maximum atomic E-state index is 3.91. The molecule has 3 rings (SSSR count). The molecule has 0 radical (unpaired) electrons. The summed E-state index contributed by atoms with van der Waals surface area (Å²) < 4.78 is 0. The first-order valence-corrected chi connectivity index (χ1v) is 9.11. The van der Waals surface area contributed by atoms with Crippen molar-refractivity contribution in [3.8, 4) is 0 Å². The number of likely N-dealkylation sites (tertiary alicyclic amines) is 1. The van der Waals surface area contributed by atoms with Gasteiger partial charge in [-0.05, 0) is 62.3 Å². The average molecular weight is 278 g/mol. The Balaban J connectivity index is 1.54. The largest absolute Gasteiger partial charge is 0.312 e. The molecule has 2 saturated carbocycles. The van der Waals surface area contributed by atoms with Gasteiger partial charge in [-0.3, -0.25) is 4.90 Å². The Morgan fingerprint density at radius 2 is 1.90 bits per heavy atom. The van der Waals surface area contributed by atoms with Crippen LogP contribution in [-0.4, -0.2) is 36.6 Å². The molecule has 0 aromatic rings. The highest BCUT2D eigenvalue weighted by atomic mass is 15.2. The summed E-state index contributed by atoms with van der Waals surface area (Å²) in [4.78, 5) is 2.83. The molecule has 20 heavy (non-hydrogen) atoms. The van der Waals surface area contributed by atoms with Crippen LogP contribution in [0.3, 0.4) is 0 Å². The summed E-state index contributed by atoms with van der Waals surface area (Å²) in [5.74, 6) is 3.66. The molecular weight excluding hydrogens is 244 g/mol. The molecule has 1 saturated heterocycles. The fourth-order valence-corrected chi connectivity index (χ4v) is 4.30. The molecule has 4 atom stereocenters. The van der Waals surface area contributed by atoms with Gasteiger partial charge in [0, 0.05) is 25.2 Å². The minimum Gasteiger partial charge on any atom is -0.312 e. The third-order valence-corrected chi connectivity index (χ3v) is 6.42. The van der Waals surface area contributed by atoms with Crippen LogP contribution in [-0.2, 0) is 0 Å². The molecule has 2 heteroatoms. The third kappa shape index (κ3) is 3.22. The first-order valence-electron chi connectivity index (χ1n) is 9.11. The van der Waals surface area contributed by atoms with E-state index in [0.29, 0.717) is 0 Å². The molecule has 0 aromatic carbocycles. The van der Waals surface area contributed by atoms with E-state index in [9.17, 15) is 0 Å². The molecule has 0 aromatic heterocycles. The summed E-state index contributed by atoms with van der Waals surface area (Å²) in [6.07, 6.45) is 8.71. The Hall–Kier alpha value is -0.0800.